The lowest BCUT2D eigenvalue weighted by molar-refractivity contribution is 0.0768. The normalized spacial score (nSPS) is 21.8. The Morgan fingerprint density at radius 3 is 3.20 bits per heavy atom. The highest BCUT2D eigenvalue weighted by Gasteiger charge is 2.21. The average molecular weight is 227 g/mol. The van der Waals surface area contributed by atoms with Gasteiger partial charge < -0.3 is 9.30 Å². The van der Waals surface area contributed by atoms with Crippen LogP contribution in [0, 0.1) is 4.77 Å². The molecule has 5 heteroatoms. The first kappa shape index (κ1) is 10.8. The van der Waals surface area contributed by atoms with Crippen LogP contribution >= 0.6 is 12.2 Å². The van der Waals surface area contributed by atoms with Gasteiger partial charge in [-0.1, -0.05) is 6.92 Å². The van der Waals surface area contributed by atoms with E-state index in [1.165, 1.54) is 0 Å². The number of nitrogens with zero attached hydrogens (tertiary/aromatic N) is 2. The lowest BCUT2D eigenvalue weighted by atomic mass is 10.0. The van der Waals surface area contributed by atoms with Crippen molar-refractivity contribution in [3.8, 4) is 0 Å². The van der Waals surface area contributed by atoms with Crippen LogP contribution in [-0.4, -0.2) is 28.0 Å². The highest BCUT2D eigenvalue weighted by Crippen LogP contribution is 2.23. The summed E-state index contributed by atoms with van der Waals surface area (Å²) in [5.74, 6) is 1.49. The van der Waals surface area contributed by atoms with Crippen LogP contribution in [-0.2, 0) is 11.3 Å². The molecule has 1 fully saturated rings. The molecule has 1 aromatic rings. The summed E-state index contributed by atoms with van der Waals surface area (Å²) in [6, 6.07) is 0. The second-order valence-electron chi connectivity index (χ2n) is 3.95. The molecule has 0 amide bonds. The van der Waals surface area contributed by atoms with Gasteiger partial charge in [0.2, 0.25) is 0 Å². The number of rotatable bonds is 3. The summed E-state index contributed by atoms with van der Waals surface area (Å²) < 4.78 is 8.32. The molecule has 1 atom stereocenters. The molecule has 0 aliphatic carbocycles. The summed E-state index contributed by atoms with van der Waals surface area (Å²) in [5.41, 5.74) is 0. The fraction of sp³-hybridized carbons (Fsp3) is 0.800. The maximum atomic E-state index is 5.48. The minimum Gasteiger partial charge on any atom is -0.381 e. The van der Waals surface area contributed by atoms with Crippen molar-refractivity contribution in [2.45, 2.75) is 38.6 Å². The second-order valence-corrected chi connectivity index (χ2v) is 4.34. The molecule has 84 valence electrons. The Labute approximate surface area is 94.6 Å². The van der Waals surface area contributed by atoms with E-state index in [2.05, 4.69) is 21.7 Å². The zero-order chi connectivity index (χ0) is 10.7. The first-order valence-electron chi connectivity index (χ1n) is 5.55. The molecule has 0 saturated carbocycles. The Hall–Kier alpha value is -0.680. The highest BCUT2D eigenvalue weighted by molar-refractivity contribution is 7.71. The van der Waals surface area contributed by atoms with Crippen molar-refractivity contribution in [1.29, 1.82) is 0 Å². The third kappa shape index (κ3) is 2.29. The molecule has 0 spiro atoms. The Bertz CT molecular complexity index is 365. The number of hydrogen-bond acceptors (Lipinski definition) is 3. The molecule has 0 aromatic carbocycles. The van der Waals surface area contributed by atoms with Gasteiger partial charge in [-0.2, -0.15) is 5.10 Å². The van der Waals surface area contributed by atoms with Crippen LogP contribution in [0.4, 0.5) is 0 Å². The molecule has 1 aliphatic heterocycles. The van der Waals surface area contributed by atoms with Crippen LogP contribution in [0.2, 0.25) is 0 Å². The zero-order valence-corrected chi connectivity index (χ0v) is 9.85. The molecule has 4 nitrogen and oxygen atoms in total. The van der Waals surface area contributed by atoms with Crippen molar-refractivity contribution in [3.63, 3.8) is 0 Å². The fourth-order valence-corrected chi connectivity index (χ4v) is 2.26. The molecule has 1 aliphatic rings. The van der Waals surface area contributed by atoms with Crippen LogP contribution in [0.5, 0.6) is 0 Å². The van der Waals surface area contributed by atoms with E-state index in [1.54, 1.807) is 0 Å². The van der Waals surface area contributed by atoms with E-state index in [0.717, 1.165) is 49.6 Å². The van der Waals surface area contributed by atoms with Crippen LogP contribution in [0.1, 0.15) is 37.9 Å². The van der Waals surface area contributed by atoms with Crippen molar-refractivity contribution < 1.29 is 4.74 Å². The summed E-state index contributed by atoms with van der Waals surface area (Å²) in [6.45, 7) is 4.76. The summed E-state index contributed by atoms with van der Waals surface area (Å²) in [7, 11) is 0. The van der Waals surface area contributed by atoms with Crippen LogP contribution in [0.15, 0.2) is 0 Å². The van der Waals surface area contributed by atoms with E-state index >= 15 is 0 Å². The van der Waals surface area contributed by atoms with Crippen molar-refractivity contribution >= 4 is 12.2 Å². The van der Waals surface area contributed by atoms with Gasteiger partial charge in [0, 0.05) is 19.1 Å². The van der Waals surface area contributed by atoms with Crippen molar-refractivity contribution in [2.75, 3.05) is 13.2 Å². The molecule has 2 heterocycles. The van der Waals surface area contributed by atoms with Crippen LogP contribution in [0.25, 0.3) is 0 Å². The summed E-state index contributed by atoms with van der Waals surface area (Å²) in [4.78, 5) is 0. The minimum absolute atomic E-state index is 0.415. The maximum Gasteiger partial charge on any atom is 0.195 e. The number of hydrogen-bond donors (Lipinski definition) is 1. The number of H-pyrrole nitrogens is 1. The Balaban J connectivity index is 2.22. The molecular weight excluding hydrogens is 210 g/mol. The largest absolute Gasteiger partial charge is 0.381 e. The molecule has 1 aromatic heterocycles. The predicted octanol–water partition coefficient (Wildman–Crippen LogP) is 2.24. The highest BCUT2D eigenvalue weighted by atomic mass is 32.1. The summed E-state index contributed by atoms with van der Waals surface area (Å²) in [5, 5.41) is 7.20. The van der Waals surface area contributed by atoms with Crippen LogP contribution < -0.4 is 0 Å². The van der Waals surface area contributed by atoms with E-state index in [1.807, 2.05) is 0 Å². The standard InChI is InChI=1S/C10H17N3OS/c1-2-5-13-9(11-12-10(13)15)8-4-3-6-14-7-8/h8H,2-7H2,1H3,(H,12,15). The van der Waals surface area contributed by atoms with Crippen molar-refractivity contribution in [2.24, 2.45) is 0 Å². The van der Waals surface area contributed by atoms with Gasteiger partial charge in [-0.3, -0.25) is 5.10 Å². The average Bonchev–Trinajstić information content (AvgIpc) is 2.63. The van der Waals surface area contributed by atoms with Gasteiger partial charge in [-0.05, 0) is 31.5 Å². The van der Waals surface area contributed by atoms with Gasteiger partial charge in [-0.25, -0.2) is 0 Å². The zero-order valence-electron chi connectivity index (χ0n) is 9.03. The Morgan fingerprint density at radius 2 is 2.53 bits per heavy atom. The first-order valence-corrected chi connectivity index (χ1v) is 5.96. The molecule has 1 unspecified atom stereocenters. The topological polar surface area (TPSA) is 42.8 Å². The molecule has 0 radical (unpaired) electrons. The first-order chi connectivity index (χ1) is 7.33. The lowest BCUT2D eigenvalue weighted by Crippen LogP contribution is -2.19. The van der Waals surface area contributed by atoms with E-state index in [9.17, 15) is 0 Å². The van der Waals surface area contributed by atoms with Gasteiger partial charge in [0.25, 0.3) is 0 Å². The molecule has 1 N–H and O–H groups in total. The lowest BCUT2D eigenvalue weighted by Gasteiger charge is -2.21. The van der Waals surface area contributed by atoms with Gasteiger partial charge >= 0.3 is 0 Å². The van der Waals surface area contributed by atoms with Gasteiger partial charge in [0.1, 0.15) is 5.82 Å². The Kier molecular flexibility index (Phi) is 3.53. The van der Waals surface area contributed by atoms with E-state index in [4.69, 9.17) is 17.0 Å². The van der Waals surface area contributed by atoms with Crippen LogP contribution in [0.3, 0.4) is 0 Å². The summed E-state index contributed by atoms with van der Waals surface area (Å²) >= 11 is 5.21. The SMILES string of the molecule is CCCn1c(C2CCCOC2)n[nH]c1=S. The van der Waals surface area contributed by atoms with Crippen molar-refractivity contribution in [1.82, 2.24) is 14.8 Å². The van der Waals surface area contributed by atoms with Gasteiger partial charge in [0.05, 0.1) is 6.61 Å². The molecule has 1 saturated heterocycles. The van der Waals surface area contributed by atoms with Gasteiger partial charge in [0.15, 0.2) is 4.77 Å². The third-order valence-electron chi connectivity index (χ3n) is 2.76. The maximum absolute atomic E-state index is 5.48. The number of aromatic amines is 1. The quantitative estimate of drug-likeness (QED) is 0.805. The fourth-order valence-electron chi connectivity index (χ4n) is 2.03. The minimum atomic E-state index is 0.415. The predicted molar refractivity (Wildman–Crippen MR) is 60.5 cm³/mol. The number of nitrogens with one attached hydrogen (secondary N) is 1. The number of ether oxygens (including phenoxy) is 1. The van der Waals surface area contributed by atoms with E-state index in [0.29, 0.717) is 5.92 Å². The van der Waals surface area contributed by atoms with Crippen molar-refractivity contribution in [3.05, 3.63) is 10.6 Å². The van der Waals surface area contributed by atoms with E-state index < -0.39 is 0 Å². The molecule has 2 rings (SSSR count). The molecule has 15 heavy (non-hydrogen) atoms. The molecule has 0 bridgehead atoms. The summed E-state index contributed by atoms with van der Waals surface area (Å²) in [6.07, 6.45) is 3.36. The third-order valence-corrected chi connectivity index (χ3v) is 3.07. The Morgan fingerprint density at radius 1 is 1.67 bits per heavy atom. The monoisotopic (exact) mass is 227 g/mol. The van der Waals surface area contributed by atoms with E-state index in [-0.39, 0.29) is 0 Å². The second kappa shape index (κ2) is 4.90. The smallest absolute Gasteiger partial charge is 0.195 e. The van der Waals surface area contributed by atoms with Gasteiger partial charge in [-0.15, -0.1) is 0 Å². The molecular formula is C10H17N3OS. The number of aromatic nitrogens is 3.